The maximum atomic E-state index is 11.5. The number of urea groups is 1. The Morgan fingerprint density at radius 3 is 2.90 bits per heavy atom. The second-order valence-corrected chi connectivity index (χ2v) is 5.42. The minimum Gasteiger partial charge on any atom is -0.338 e. The summed E-state index contributed by atoms with van der Waals surface area (Å²) in [6.45, 7) is 1.70. The van der Waals surface area contributed by atoms with E-state index in [0.29, 0.717) is 26.1 Å². The minimum absolute atomic E-state index is 0.0228. The van der Waals surface area contributed by atoms with E-state index in [4.69, 9.17) is 0 Å². The zero-order valence-electron chi connectivity index (χ0n) is 11.6. The summed E-state index contributed by atoms with van der Waals surface area (Å²) in [5, 5.41) is 8.48. The number of rotatable bonds is 7. The molecule has 0 bridgehead atoms. The SMILES string of the molecule is O=C(NCCCn1ccccc1=O)NCCc1nccs1. The summed E-state index contributed by atoms with van der Waals surface area (Å²) in [6.07, 6.45) is 4.95. The second kappa shape index (κ2) is 8.21. The molecular weight excluding hydrogens is 288 g/mol. The number of hydrogen-bond acceptors (Lipinski definition) is 4. The molecule has 0 aliphatic heterocycles. The molecule has 2 heterocycles. The fraction of sp³-hybridized carbons (Fsp3) is 0.357. The van der Waals surface area contributed by atoms with E-state index in [1.807, 2.05) is 11.4 Å². The van der Waals surface area contributed by atoms with E-state index >= 15 is 0 Å². The lowest BCUT2D eigenvalue weighted by atomic mass is 10.4. The van der Waals surface area contributed by atoms with Gasteiger partial charge >= 0.3 is 6.03 Å². The van der Waals surface area contributed by atoms with Gasteiger partial charge in [-0.2, -0.15) is 0 Å². The lowest BCUT2D eigenvalue weighted by Gasteiger charge is -2.08. The molecule has 0 radical (unpaired) electrons. The van der Waals surface area contributed by atoms with Gasteiger partial charge in [0.25, 0.3) is 0 Å². The van der Waals surface area contributed by atoms with Crippen molar-refractivity contribution >= 4 is 17.4 Å². The Kier molecular flexibility index (Phi) is 5.96. The van der Waals surface area contributed by atoms with Gasteiger partial charge in [-0.25, -0.2) is 9.78 Å². The zero-order valence-corrected chi connectivity index (χ0v) is 12.4. The molecule has 7 heteroatoms. The molecule has 0 fully saturated rings. The molecule has 0 aliphatic rings. The van der Waals surface area contributed by atoms with Gasteiger partial charge in [0.05, 0.1) is 5.01 Å². The van der Waals surface area contributed by atoms with Crippen molar-refractivity contribution in [2.75, 3.05) is 13.1 Å². The van der Waals surface area contributed by atoms with Crippen LogP contribution in [0, 0.1) is 0 Å². The number of amides is 2. The molecule has 0 aromatic carbocycles. The summed E-state index contributed by atoms with van der Waals surface area (Å²) in [7, 11) is 0. The van der Waals surface area contributed by atoms with Crippen LogP contribution in [-0.4, -0.2) is 28.7 Å². The van der Waals surface area contributed by atoms with Crippen LogP contribution in [0.2, 0.25) is 0 Å². The number of nitrogens with zero attached hydrogens (tertiary/aromatic N) is 2. The summed E-state index contributed by atoms with van der Waals surface area (Å²) in [5.41, 5.74) is -0.0228. The highest BCUT2D eigenvalue weighted by Gasteiger charge is 2.01. The first-order valence-electron chi connectivity index (χ1n) is 6.81. The molecule has 0 unspecified atom stereocenters. The van der Waals surface area contributed by atoms with Crippen molar-refractivity contribution in [3.05, 3.63) is 51.3 Å². The average molecular weight is 306 g/mol. The third kappa shape index (κ3) is 5.39. The molecular formula is C14H18N4O2S. The number of aryl methyl sites for hydroxylation is 1. The Labute approximate surface area is 126 Å². The van der Waals surface area contributed by atoms with Gasteiger partial charge in [0.1, 0.15) is 0 Å². The van der Waals surface area contributed by atoms with Gasteiger partial charge in [-0.05, 0) is 12.5 Å². The van der Waals surface area contributed by atoms with E-state index in [0.717, 1.165) is 11.4 Å². The first-order chi connectivity index (χ1) is 10.3. The molecule has 2 amide bonds. The Hall–Kier alpha value is -2.15. The third-order valence-corrected chi connectivity index (χ3v) is 3.71. The monoisotopic (exact) mass is 306 g/mol. The molecule has 2 N–H and O–H groups in total. The van der Waals surface area contributed by atoms with Crippen molar-refractivity contribution in [1.29, 1.82) is 0 Å². The highest BCUT2D eigenvalue weighted by atomic mass is 32.1. The van der Waals surface area contributed by atoms with Gasteiger partial charge in [0.15, 0.2) is 0 Å². The minimum atomic E-state index is -0.188. The van der Waals surface area contributed by atoms with Crippen LogP contribution in [0.5, 0.6) is 0 Å². The Bertz CT molecular complexity index is 609. The van der Waals surface area contributed by atoms with Crippen molar-refractivity contribution in [1.82, 2.24) is 20.2 Å². The summed E-state index contributed by atoms with van der Waals surface area (Å²) in [6, 6.07) is 4.87. The highest BCUT2D eigenvalue weighted by molar-refractivity contribution is 7.09. The lowest BCUT2D eigenvalue weighted by Crippen LogP contribution is -2.37. The van der Waals surface area contributed by atoms with Gasteiger partial charge in [-0.1, -0.05) is 6.07 Å². The van der Waals surface area contributed by atoms with Crippen LogP contribution in [0.1, 0.15) is 11.4 Å². The summed E-state index contributed by atoms with van der Waals surface area (Å²) >= 11 is 1.58. The molecule has 21 heavy (non-hydrogen) atoms. The molecule has 0 spiro atoms. The zero-order chi connectivity index (χ0) is 14.9. The average Bonchev–Trinajstić information content (AvgIpc) is 2.98. The number of hydrogen-bond donors (Lipinski definition) is 2. The molecule has 2 aromatic heterocycles. The molecule has 112 valence electrons. The van der Waals surface area contributed by atoms with Crippen molar-refractivity contribution < 1.29 is 4.79 Å². The van der Waals surface area contributed by atoms with E-state index in [1.54, 1.807) is 34.4 Å². The molecule has 0 atom stereocenters. The van der Waals surface area contributed by atoms with Crippen molar-refractivity contribution in [3.63, 3.8) is 0 Å². The number of aromatic nitrogens is 2. The van der Waals surface area contributed by atoms with E-state index in [-0.39, 0.29) is 11.6 Å². The standard InChI is InChI=1S/C14H18N4O2S/c19-13-4-1-2-9-18(13)10-3-6-16-14(20)17-7-5-12-15-8-11-21-12/h1-2,4,8-9,11H,3,5-7,10H2,(H2,16,17,20). The Morgan fingerprint density at radius 2 is 2.14 bits per heavy atom. The fourth-order valence-electron chi connectivity index (χ4n) is 1.82. The molecule has 6 nitrogen and oxygen atoms in total. The van der Waals surface area contributed by atoms with Crippen LogP contribution in [0.25, 0.3) is 0 Å². The lowest BCUT2D eigenvalue weighted by molar-refractivity contribution is 0.240. The predicted molar refractivity (Wildman–Crippen MR) is 82.5 cm³/mol. The third-order valence-electron chi connectivity index (χ3n) is 2.87. The van der Waals surface area contributed by atoms with E-state index < -0.39 is 0 Å². The molecule has 0 aliphatic carbocycles. The van der Waals surface area contributed by atoms with Crippen molar-refractivity contribution in [2.45, 2.75) is 19.4 Å². The van der Waals surface area contributed by atoms with Crippen LogP contribution in [0.4, 0.5) is 4.79 Å². The van der Waals surface area contributed by atoms with E-state index in [9.17, 15) is 9.59 Å². The summed E-state index contributed by atoms with van der Waals surface area (Å²) in [4.78, 5) is 27.1. The summed E-state index contributed by atoms with van der Waals surface area (Å²) in [5.74, 6) is 0. The fourth-order valence-corrected chi connectivity index (χ4v) is 2.44. The largest absolute Gasteiger partial charge is 0.338 e. The maximum Gasteiger partial charge on any atom is 0.314 e. The number of pyridine rings is 1. The van der Waals surface area contributed by atoms with Crippen molar-refractivity contribution in [2.24, 2.45) is 0 Å². The molecule has 2 rings (SSSR count). The van der Waals surface area contributed by atoms with Crippen LogP contribution < -0.4 is 16.2 Å². The quantitative estimate of drug-likeness (QED) is 0.756. The highest BCUT2D eigenvalue weighted by Crippen LogP contribution is 2.03. The van der Waals surface area contributed by atoms with E-state index in [1.165, 1.54) is 6.07 Å². The smallest absolute Gasteiger partial charge is 0.314 e. The molecule has 0 saturated carbocycles. The maximum absolute atomic E-state index is 11.5. The summed E-state index contributed by atoms with van der Waals surface area (Å²) < 4.78 is 1.63. The first kappa shape index (κ1) is 15.2. The first-order valence-corrected chi connectivity index (χ1v) is 7.69. The number of nitrogens with one attached hydrogen (secondary N) is 2. The molecule has 2 aromatic rings. The van der Waals surface area contributed by atoms with Gasteiger partial charge in [-0.3, -0.25) is 4.79 Å². The predicted octanol–water partition coefficient (Wildman–Crippen LogP) is 1.24. The number of thiazole rings is 1. The van der Waals surface area contributed by atoms with Crippen LogP contribution in [-0.2, 0) is 13.0 Å². The number of carbonyl (C=O) groups is 1. The van der Waals surface area contributed by atoms with Crippen LogP contribution in [0.15, 0.2) is 40.8 Å². The Balaban J connectivity index is 1.57. The normalized spacial score (nSPS) is 10.3. The van der Waals surface area contributed by atoms with Gasteiger partial charge < -0.3 is 15.2 Å². The van der Waals surface area contributed by atoms with Gasteiger partial charge in [0.2, 0.25) is 5.56 Å². The van der Waals surface area contributed by atoms with E-state index in [2.05, 4.69) is 15.6 Å². The van der Waals surface area contributed by atoms with Crippen LogP contribution >= 0.6 is 11.3 Å². The number of carbonyl (C=O) groups excluding carboxylic acids is 1. The topological polar surface area (TPSA) is 76.0 Å². The second-order valence-electron chi connectivity index (χ2n) is 4.44. The molecule has 0 saturated heterocycles. The van der Waals surface area contributed by atoms with Gasteiger partial charge in [-0.15, -0.1) is 11.3 Å². The van der Waals surface area contributed by atoms with Gasteiger partial charge in [0, 0.05) is 49.9 Å². The van der Waals surface area contributed by atoms with Crippen LogP contribution in [0.3, 0.4) is 0 Å². The Morgan fingerprint density at radius 1 is 1.29 bits per heavy atom. The van der Waals surface area contributed by atoms with Crippen molar-refractivity contribution in [3.8, 4) is 0 Å².